The lowest BCUT2D eigenvalue weighted by Crippen LogP contribution is -1.76. The average Bonchev–Trinajstić information content (AvgIpc) is 2.08. The molecule has 0 saturated carbocycles. The van der Waals surface area contributed by atoms with Crippen LogP contribution in [0, 0.1) is 0 Å². The van der Waals surface area contributed by atoms with Crippen molar-refractivity contribution in [3.05, 3.63) is 46.1 Å². The summed E-state index contributed by atoms with van der Waals surface area (Å²) in [4.78, 5) is 10.5. The van der Waals surface area contributed by atoms with Crippen LogP contribution in [0.5, 0.6) is 0 Å². The number of rotatable bonds is 2. The van der Waals surface area contributed by atoms with Crippen LogP contribution in [0.25, 0.3) is 6.08 Å². The first-order valence-corrected chi connectivity index (χ1v) is 4.66. The van der Waals surface area contributed by atoms with Crippen molar-refractivity contribution in [1.82, 2.24) is 0 Å². The Morgan fingerprint density at radius 3 is 2.54 bits per heavy atom. The third kappa shape index (κ3) is 3.88. The van der Waals surface area contributed by atoms with Crippen LogP contribution in [0.3, 0.4) is 0 Å². The smallest absolute Gasteiger partial charge is 0.160 e. The molecule has 0 amide bonds. The second-order valence-corrected chi connectivity index (χ2v) is 3.53. The summed E-state index contributed by atoms with van der Waals surface area (Å²) in [7, 11) is 0. The van der Waals surface area contributed by atoms with E-state index in [-0.39, 0.29) is 5.78 Å². The Morgan fingerprint density at radius 2 is 2.00 bits per heavy atom. The van der Waals surface area contributed by atoms with Gasteiger partial charge in [0, 0.05) is 10.5 Å². The van der Waals surface area contributed by atoms with Crippen molar-refractivity contribution in [2.45, 2.75) is 6.92 Å². The summed E-state index contributed by atoms with van der Waals surface area (Å²) in [5.41, 5.74) is 3.83. The van der Waals surface area contributed by atoms with Gasteiger partial charge in [0.25, 0.3) is 0 Å². The molecule has 2 heteroatoms. The minimum atomic E-state index is 0.00774. The first-order valence-electron chi connectivity index (χ1n) is 3.87. The summed E-state index contributed by atoms with van der Waals surface area (Å²) in [6.45, 7) is 1.50. The highest BCUT2D eigenvalue weighted by Crippen LogP contribution is 2.10. The Hall–Kier alpha value is -1.11. The van der Waals surface area contributed by atoms with Crippen molar-refractivity contribution in [3.8, 4) is 0 Å². The molecule has 0 N–H and O–H groups in total. The molecular formula is C11H9BrO. The molecule has 1 rings (SSSR count). The first kappa shape index (κ1) is 9.97. The molecule has 1 aromatic rings. The topological polar surface area (TPSA) is 17.1 Å². The minimum absolute atomic E-state index is 0.00774. The van der Waals surface area contributed by atoms with E-state index < -0.39 is 0 Å². The molecule has 0 atom stereocenters. The van der Waals surface area contributed by atoms with E-state index in [9.17, 15) is 4.79 Å². The van der Waals surface area contributed by atoms with E-state index in [2.05, 4.69) is 21.7 Å². The van der Waals surface area contributed by atoms with E-state index in [1.54, 1.807) is 6.08 Å². The largest absolute Gasteiger partial charge is 0.294 e. The van der Waals surface area contributed by atoms with Crippen molar-refractivity contribution in [1.29, 1.82) is 0 Å². The van der Waals surface area contributed by atoms with Gasteiger partial charge in [-0.3, -0.25) is 4.79 Å². The van der Waals surface area contributed by atoms with Gasteiger partial charge in [-0.15, -0.1) is 5.73 Å². The monoisotopic (exact) mass is 236 g/mol. The number of ketones is 1. The Bertz CT molecular complexity index is 356. The molecule has 0 aliphatic carbocycles. The van der Waals surface area contributed by atoms with Crippen LogP contribution in [0.15, 0.2) is 40.5 Å². The van der Waals surface area contributed by atoms with Crippen LogP contribution in [0.2, 0.25) is 0 Å². The normalized spacial score (nSPS) is 8.77. The Kier molecular flexibility index (Phi) is 3.69. The van der Waals surface area contributed by atoms with Crippen molar-refractivity contribution in [3.63, 3.8) is 0 Å². The molecule has 0 heterocycles. The van der Waals surface area contributed by atoms with Crippen LogP contribution >= 0.6 is 15.9 Å². The summed E-state index contributed by atoms with van der Waals surface area (Å²) in [6, 6.07) is 7.79. The number of carbonyl (C=O) groups excluding carboxylic acids is 1. The number of allylic oxidation sites excluding steroid dienone is 1. The van der Waals surface area contributed by atoms with Crippen LogP contribution in [-0.2, 0) is 4.79 Å². The van der Waals surface area contributed by atoms with Crippen molar-refractivity contribution >= 4 is 27.8 Å². The third-order valence-electron chi connectivity index (χ3n) is 1.41. The highest BCUT2D eigenvalue weighted by molar-refractivity contribution is 9.10. The maximum atomic E-state index is 10.5. The standard InChI is InChI=1S/C11H9BrO/c1-9(13)3-2-4-10-5-7-11(12)8-6-10/h3-8H,1H3. The summed E-state index contributed by atoms with van der Waals surface area (Å²) in [6.07, 6.45) is 3.19. The summed E-state index contributed by atoms with van der Waals surface area (Å²) >= 11 is 3.34. The van der Waals surface area contributed by atoms with E-state index in [0.29, 0.717) is 0 Å². The zero-order valence-electron chi connectivity index (χ0n) is 7.25. The number of benzene rings is 1. The zero-order chi connectivity index (χ0) is 9.68. The lowest BCUT2D eigenvalue weighted by molar-refractivity contribution is -0.112. The first-order chi connectivity index (χ1) is 6.18. The molecular weight excluding hydrogens is 228 g/mol. The molecule has 0 bridgehead atoms. The molecule has 0 spiro atoms. The molecule has 66 valence electrons. The van der Waals surface area contributed by atoms with Gasteiger partial charge in [-0.05, 0) is 30.7 Å². The molecule has 0 aromatic heterocycles. The van der Waals surface area contributed by atoms with E-state index >= 15 is 0 Å². The lowest BCUT2D eigenvalue weighted by atomic mass is 10.2. The molecule has 0 aliphatic rings. The van der Waals surface area contributed by atoms with E-state index in [0.717, 1.165) is 10.0 Å². The van der Waals surface area contributed by atoms with E-state index in [1.165, 1.54) is 13.0 Å². The van der Waals surface area contributed by atoms with Gasteiger partial charge in [0.1, 0.15) is 0 Å². The number of carbonyl (C=O) groups is 1. The molecule has 0 fully saturated rings. The highest BCUT2D eigenvalue weighted by Gasteiger charge is 1.85. The summed E-state index contributed by atoms with van der Waals surface area (Å²) < 4.78 is 1.04. The predicted octanol–water partition coefficient (Wildman–Crippen LogP) is 3.21. The van der Waals surface area contributed by atoms with E-state index in [4.69, 9.17) is 0 Å². The maximum Gasteiger partial charge on any atom is 0.160 e. The number of halogens is 1. The van der Waals surface area contributed by atoms with Crippen molar-refractivity contribution < 1.29 is 4.79 Å². The lowest BCUT2D eigenvalue weighted by Gasteiger charge is -1.90. The van der Waals surface area contributed by atoms with Gasteiger partial charge < -0.3 is 0 Å². The molecule has 13 heavy (non-hydrogen) atoms. The van der Waals surface area contributed by atoms with E-state index in [1.807, 2.05) is 24.3 Å². The molecule has 0 radical (unpaired) electrons. The molecule has 0 aliphatic heterocycles. The number of hydrogen-bond donors (Lipinski definition) is 0. The van der Waals surface area contributed by atoms with Crippen LogP contribution in [0.4, 0.5) is 0 Å². The van der Waals surface area contributed by atoms with Gasteiger partial charge in [-0.2, -0.15) is 0 Å². The van der Waals surface area contributed by atoms with Gasteiger partial charge in [0.05, 0.1) is 0 Å². The SMILES string of the molecule is CC(=O)C=C=Cc1ccc(Br)cc1. The Morgan fingerprint density at radius 1 is 1.38 bits per heavy atom. The molecule has 0 unspecified atom stereocenters. The van der Waals surface area contributed by atoms with Gasteiger partial charge in [-0.1, -0.05) is 28.1 Å². The second kappa shape index (κ2) is 4.80. The van der Waals surface area contributed by atoms with Gasteiger partial charge in [-0.25, -0.2) is 0 Å². The predicted molar refractivity (Wildman–Crippen MR) is 57.4 cm³/mol. The third-order valence-corrected chi connectivity index (χ3v) is 1.94. The Labute approximate surface area is 85.9 Å². The highest BCUT2D eigenvalue weighted by atomic mass is 79.9. The fourth-order valence-electron chi connectivity index (χ4n) is 0.814. The molecule has 0 saturated heterocycles. The molecule has 1 nitrogen and oxygen atoms in total. The Balaban J connectivity index is 2.81. The van der Waals surface area contributed by atoms with Gasteiger partial charge >= 0.3 is 0 Å². The number of hydrogen-bond acceptors (Lipinski definition) is 1. The summed E-state index contributed by atoms with van der Waals surface area (Å²) in [5.74, 6) is 0.00774. The second-order valence-electron chi connectivity index (χ2n) is 2.62. The molecule has 1 aromatic carbocycles. The van der Waals surface area contributed by atoms with Crippen LogP contribution in [0.1, 0.15) is 12.5 Å². The summed E-state index contributed by atoms with van der Waals surface area (Å²) in [5, 5.41) is 0. The van der Waals surface area contributed by atoms with Gasteiger partial charge in [0.15, 0.2) is 5.78 Å². The van der Waals surface area contributed by atoms with Crippen LogP contribution < -0.4 is 0 Å². The van der Waals surface area contributed by atoms with Gasteiger partial charge in [0.2, 0.25) is 0 Å². The maximum absolute atomic E-state index is 10.5. The fraction of sp³-hybridized carbons (Fsp3) is 0.0909. The minimum Gasteiger partial charge on any atom is -0.294 e. The van der Waals surface area contributed by atoms with Crippen molar-refractivity contribution in [2.75, 3.05) is 0 Å². The average molecular weight is 237 g/mol. The zero-order valence-corrected chi connectivity index (χ0v) is 8.84. The van der Waals surface area contributed by atoms with Crippen molar-refractivity contribution in [2.24, 2.45) is 0 Å². The van der Waals surface area contributed by atoms with Crippen LogP contribution in [-0.4, -0.2) is 5.78 Å². The quantitative estimate of drug-likeness (QED) is 0.570. The fourth-order valence-corrected chi connectivity index (χ4v) is 1.08.